The van der Waals surface area contributed by atoms with Gasteiger partial charge in [-0.2, -0.15) is 0 Å². The van der Waals surface area contributed by atoms with Gasteiger partial charge in [-0.15, -0.1) is 0 Å². The number of carbonyl (C=O) groups is 9. The van der Waals surface area contributed by atoms with Crippen LogP contribution in [0.1, 0.15) is 88.5 Å². The van der Waals surface area contributed by atoms with Crippen LogP contribution in [0.4, 0.5) is 0 Å². The predicted molar refractivity (Wildman–Crippen MR) is 272 cm³/mol. The summed E-state index contributed by atoms with van der Waals surface area (Å²) in [5.41, 5.74) is 19.2. The molecule has 8 amide bonds. The number of nitrogens with zero attached hydrogens (tertiary/aromatic N) is 3. The Labute approximate surface area is 427 Å². The number of nitrogens with one attached hydrogen (secondary N) is 8. The van der Waals surface area contributed by atoms with Gasteiger partial charge >= 0.3 is 5.97 Å². The average molecular weight is 1030 g/mol. The van der Waals surface area contributed by atoms with E-state index in [-0.39, 0.29) is 70.4 Å². The molecular formula is C50H68N14O10. The number of amides is 8. The molecule has 3 heterocycles. The highest BCUT2D eigenvalue weighted by Gasteiger charge is 2.44. The van der Waals surface area contributed by atoms with Gasteiger partial charge in [0.15, 0.2) is 5.96 Å². The lowest BCUT2D eigenvalue weighted by Gasteiger charge is -2.35. The first-order valence-electron chi connectivity index (χ1n) is 24.7. The van der Waals surface area contributed by atoms with Gasteiger partial charge in [-0.05, 0) is 62.3 Å². The fourth-order valence-electron chi connectivity index (χ4n) is 8.62. The molecule has 0 spiro atoms. The van der Waals surface area contributed by atoms with Gasteiger partial charge < -0.3 is 64.2 Å². The number of aromatic nitrogens is 3. The Morgan fingerprint density at radius 3 is 1.99 bits per heavy atom. The van der Waals surface area contributed by atoms with E-state index in [0.29, 0.717) is 51.9 Å². The van der Waals surface area contributed by atoms with Gasteiger partial charge in [-0.25, -0.2) is 4.98 Å². The fourth-order valence-corrected chi connectivity index (χ4v) is 8.62. The van der Waals surface area contributed by atoms with Crippen LogP contribution in [0.2, 0.25) is 0 Å². The Bertz CT molecular complexity index is 2600. The predicted octanol–water partition coefficient (Wildman–Crippen LogP) is -0.568. The quantitative estimate of drug-likeness (QED) is 0.0283. The van der Waals surface area contributed by atoms with Crippen LogP contribution in [-0.2, 0) is 62.4 Å². The maximum absolute atomic E-state index is 15.4. The summed E-state index contributed by atoms with van der Waals surface area (Å²) in [6.45, 7) is 3.17. The topological polar surface area (TPSA) is 384 Å². The van der Waals surface area contributed by atoms with Gasteiger partial charge in [-0.3, -0.25) is 53.0 Å². The summed E-state index contributed by atoms with van der Waals surface area (Å²) < 4.78 is 0. The Morgan fingerprint density at radius 1 is 0.743 bits per heavy atom. The number of hydrogen-bond donors (Lipinski definition) is 12. The number of aliphatic carboxylic acids is 1. The molecule has 74 heavy (non-hydrogen) atoms. The van der Waals surface area contributed by atoms with Crippen molar-refractivity contribution < 1.29 is 48.3 Å². The van der Waals surface area contributed by atoms with Gasteiger partial charge in [0.1, 0.15) is 42.3 Å². The largest absolute Gasteiger partial charge is 0.481 e. The van der Waals surface area contributed by atoms with Crippen LogP contribution in [0, 0.1) is 0 Å². The highest BCUT2D eigenvalue weighted by Crippen LogP contribution is 2.21. The number of imidazole rings is 1. The van der Waals surface area contributed by atoms with E-state index in [0.717, 1.165) is 6.92 Å². The number of carbonyl (C=O) groups excluding carboxylic acids is 8. The smallest absolute Gasteiger partial charge is 0.306 e. The number of benzene rings is 2. The van der Waals surface area contributed by atoms with Gasteiger partial charge in [0, 0.05) is 61.7 Å². The molecule has 2 aromatic heterocycles. The fraction of sp³-hybridized carbons (Fsp3) is 0.460. The zero-order chi connectivity index (χ0) is 53.7. The Kier molecular flexibility index (Phi) is 21.6. The number of imide groups is 1. The van der Waals surface area contributed by atoms with E-state index in [1.54, 1.807) is 54.7 Å². The summed E-state index contributed by atoms with van der Waals surface area (Å²) in [5, 5.41) is 27.1. The van der Waals surface area contributed by atoms with Crippen molar-refractivity contribution in [3.8, 4) is 0 Å². The van der Waals surface area contributed by atoms with Crippen LogP contribution < -0.4 is 49.1 Å². The molecule has 5 rings (SSSR count). The summed E-state index contributed by atoms with van der Waals surface area (Å²) in [5.74, 6) is -9.71. The minimum Gasteiger partial charge on any atom is -0.481 e. The van der Waals surface area contributed by atoms with Crippen LogP contribution in [0.5, 0.6) is 0 Å². The molecule has 0 aliphatic carbocycles. The molecule has 1 saturated heterocycles. The van der Waals surface area contributed by atoms with E-state index in [9.17, 15) is 38.7 Å². The second-order valence-corrected chi connectivity index (χ2v) is 18.1. The first kappa shape index (κ1) is 56.8. The number of fused-ring (bicyclic) bond motifs is 1. The van der Waals surface area contributed by atoms with Gasteiger partial charge in [0.05, 0.1) is 12.7 Å². The van der Waals surface area contributed by atoms with E-state index in [2.05, 4.69) is 51.8 Å². The third-order valence-corrected chi connectivity index (χ3v) is 12.4. The van der Waals surface area contributed by atoms with Crippen molar-refractivity contribution in [1.82, 2.24) is 51.8 Å². The number of H-pyrrole nitrogens is 2. The van der Waals surface area contributed by atoms with E-state index in [1.165, 1.54) is 12.5 Å². The lowest BCUT2D eigenvalue weighted by molar-refractivity contribution is -0.158. The molecule has 0 radical (unpaired) electrons. The number of rotatable bonds is 21. The van der Waals surface area contributed by atoms with Gasteiger partial charge in [-0.1, -0.05) is 68.3 Å². The molecule has 1 fully saturated rings. The SMILES string of the molecule is CCCC[C@H](NC(C)=O)C(=O)N1C(=O)[C@H](CCCCN)NC(=O)[C@H](Cc2c[nH]c3ccccc23)NC(=O)[C@H](CCCN=C(N)N)NC(=O)[C@@H](Cc2ccccc2)NC(=O)[C@H](Cc2cnc[nH]2)NC(=O)[C@@H]1CC(=O)O. The highest BCUT2D eigenvalue weighted by atomic mass is 16.4. The molecule has 15 N–H and O–H groups in total. The van der Waals surface area contributed by atoms with Crippen LogP contribution in [0.25, 0.3) is 10.9 Å². The molecule has 4 aromatic rings. The zero-order valence-corrected chi connectivity index (χ0v) is 41.6. The van der Waals surface area contributed by atoms with Crippen molar-refractivity contribution in [2.24, 2.45) is 22.2 Å². The average Bonchev–Trinajstić information content (AvgIpc) is 4.04. The minimum absolute atomic E-state index is 0.0358. The number of aromatic amines is 2. The summed E-state index contributed by atoms with van der Waals surface area (Å²) in [4.78, 5) is 144. The molecule has 398 valence electrons. The van der Waals surface area contributed by atoms with Crippen molar-refractivity contribution in [3.63, 3.8) is 0 Å². The molecule has 2 aromatic carbocycles. The van der Waals surface area contributed by atoms with Crippen molar-refractivity contribution in [1.29, 1.82) is 0 Å². The second-order valence-electron chi connectivity index (χ2n) is 18.1. The number of carboxylic acids is 1. The standard InChI is InChI=1S/C50H68N14O10/c1-3-4-16-36(58-29(2)65)48(73)64-41(25-42(66)67)47(72)63-40(24-32-27-54-28-57-32)46(71)61-38(22-30-13-6-5-7-14-30)44(69)59-35(19-12-21-55-50(52)53)43(68)62-39(23-31-26-56-34-17-9-8-15-33(31)34)45(70)60-37(49(64)74)18-10-11-20-51/h5-9,13-15,17,26-28,35-41,56H,3-4,10-12,16,18-25,51H2,1-2H3,(H,54,57)(H,58,65)(H,59,69)(H,60,70)(H,61,71)(H,62,68)(H,63,72)(H,66,67)(H4,52,53,55)/t35-,36-,37-,38+,39-,40-,41-/m0/s1. The molecule has 0 saturated carbocycles. The third-order valence-electron chi connectivity index (χ3n) is 12.4. The van der Waals surface area contributed by atoms with Crippen LogP contribution in [0.15, 0.2) is 78.3 Å². The monoisotopic (exact) mass is 1020 g/mol. The van der Waals surface area contributed by atoms with Crippen LogP contribution >= 0.6 is 0 Å². The molecule has 0 bridgehead atoms. The maximum atomic E-state index is 15.4. The number of hydrogen-bond acceptors (Lipinski definition) is 12. The summed E-state index contributed by atoms with van der Waals surface area (Å²) in [6, 6.07) is 4.51. The van der Waals surface area contributed by atoms with E-state index in [4.69, 9.17) is 17.2 Å². The molecule has 7 atom stereocenters. The highest BCUT2D eigenvalue weighted by molar-refractivity contribution is 6.07. The maximum Gasteiger partial charge on any atom is 0.306 e. The van der Waals surface area contributed by atoms with E-state index < -0.39 is 102 Å². The lowest BCUT2D eigenvalue weighted by atomic mass is 9.99. The molecule has 24 heteroatoms. The van der Waals surface area contributed by atoms with Crippen molar-refractivity contribution in [2.45, 2.75) is 133 Å². The zero-order valence-electron chi connectivity index (χ0n) is 41.6. The second kappa shape index (κ2) is 28.2. The van der Waals surface area contributed by atoms with E-state index in [1.807, 2.05) is 13.0 Å². The normalized spacial score (nSPS) is 20.7. The van der Waals surface area contributed by atoms with Crippen LogP contribution in [0.3, 0.4) is 0 Å². The molecule has 1 aliphatic heterocycles. The summed E-state index contributed by atoms with van der Waals surface area (Å²) in [6.07, 6.45) is 3.73. The van der Waals surface area contributed by atoms with Crippen molar-refractivity contribution in [2.75, 3.05) is 13.1 Å². The first-order chi connectivity index (χ1) is 35.5. The third kappa shape index (κ3) is 16.7. The minimum atomic E-state index is -2.19. The summed E-state index contributed by atoms with van der Waals surface area (Å²) >= 11 is 0. The molecule has 0 unspecified atom stereocenters. The molecule has 24 nitrogen and oxygen atoms in total. The van der Waals surface area contributed by atoms with E-state index >= 15 is 9.59 Å². The Morgan fingerprint density at radius 2 is 1.35 bits per heavy atom. The summed E-state index contributed by atoms with van der Waals surface area (Å²) in [7, 11) is 0. The molecule has 1 aliphatic rings. The van der Waals surface area contributed by atoms with Crippen LogP contribution in [-0.4, -0.2) is 140 Å². The van der Waals surface area contributed by atoms with Gasteiger partial charge in [0.25, 0.3) is 11.8 Å². The first-order valence-corrected chi connectivity index (χ1v) is 24.7. The number of nitrogens with two attached hydrogens (primary N) is 3. The lowest BCUT2D eigenvalue weighted by Crippen LogP contribution is -2.65. The number of aliphatic imine (C=N–C) groups is 1. The van der Waals surface area contributed by atoms with Gasteiger partial charge in [0.2, 0.25) is 35.4 Å². The number of carboxylic acid groups (broad SMARTS) is 1. The molecular weight excluding hydrogens is 957 g/mol. The Balaban J connectivity index is 1.73. The van der Waals surface area contributed by atoms with Crippen molar-refractivity contribution in [3.05, 3.63) is 90.1 Å². The number of unbranched alkanes of at least 4 members (excludes halogenated alkanes) is 2. The Hall–Kier alpha value is -8.15. The number of guanidine groups is 1. The van der Waals surface area contributed by atoms with Crippen molar-refractivity contribution >= 4 is 70.1 Å². The number of para-hydroxylation sites is 1.